The fourth-order valence-electron chi connectivity index (χ4n) is 1.61. The molecule has 0 aromatic carbocycles. The van der Waals surface area contributed by atoms with Gasteiger partial charge >= 0.3 is 0 Å². The minimum Gasteiger partial charge on any atom is -0.394 e. The Morgan fingerprint density at radius 2 is 1.94 bits per heavy atom. The zero-order valence-corrected chi connectivity index (χ0v) is 10.1. The second kappa shape index (κ2) is 7.39. The van der Waals surface area contributed by atoms with Gasteiger partial charge in [-0.05, 0) is 13.0 Å². The van der Waals surface area contributed by atoms with Crippen molar-refractivity contribution in [2.24, 2.45) is 5.73 Å². The van der Waals surface area contributed by atoms with E-state index in [4.69, 9.17) is 15.6 Å². The van der Waals surface area contributed by atoms with E-state index in [1.807, 2.05) is 6.92 Å². The molecule has 98 valence electrons. The number of aliphatic hydroxyl groups is 3. The summed E-state index contributed by atoms with van der Waals surface area (Å²) in [5, 5.41) is 31.1. The predicted molar refractivity (Wildman–Crippen MR) is 61.3 cm³/mol. The lowest BCUT2D eigenvalue weighted by Crippen LogP contribution is -2.65. The van der Waals surface area contributed by atoms with Crippen molar-refractivity contribution in [1.82, 2.24) is 5.32 Å². The molecular weight excluding hydrogens is 236 g/mol. The summed E-state index contributed by atoms with van der Waals surface area (Å²) in [6, 6.07) is -0.686. The van der Waals surface area contributed by atoms with Gasteiger partial charge in [-0.15, -0.1) is 12.4 Å². The second-order valence-electron chi connectivity index (χ2n) is 3.79. The van der Waals surface area contributed by atoms with E-state index < -0.39 is 30.6 Å². The van der Waals surface area contributed by atoms with Crippen LogP contribution in [0.15, 0.2) is 0 Å². The Hall–Kier alpha value is 0.0500. The predicted octanol–water partition coefficient (Wildman–Crippen LogP) is -1.83. The van der Waals surface area contributed by atoms with E-state index in [9.17, 15) is 10.2 Å². The molecule has 0 radical (unpaired) electrons. The molecule has 16 heavy (non-hydrogen) atoms. The SMILES string of the molecule is CCCNC1O[C@H](CO)[C@@H](O)[C@H](O)[C@H]1N.Cl. The van der Waals surface area contributed by atoms with E-state index in [-0.39, 0.29) is 19.0 Å². The van der Waals surface area contributed by atoms with Crippen LogP contribution in [0.5, 0.6) is 0 Å². The Morgan fingerprint density at radius 3 is 2.44 bits per heavy atom. The van der Waals surface area contributed by atoms with Crippen molar-refractivity contribution in [3.63, 3.8) is 0 Å². The van der Waals surface area contributed by atoms with E-state index in [1.165, 1.54) is 0 Å². The van der Waals surface area contributed by atoms with E-state index in [0.29, 0.717) is 6.54 Å². The lowest BCUT2D eigenvalue weighted by molar-refractivity contribution is -0.196. The Bertz CT molecular complexity index is 196. The summed E-state index contributed by atoms with van der Waals surface area (Å²) in [5.74, 6) is 0. The van der Waals surface area contributed by atoms with Gasteiger partial charge in [-0.1, -0.05) is 6.92 Å². The molecule has 6 nitrogen and oxygen atoms in total. The van der Waals surface area contributed by atoms with Crippen molar-refractivity contribution in [3.8, 4) is 0 Å². The van der Waals surface area contributed by atoms with Gasteiger partial charge in [0.15, 0.2) is 0 Å². The molecule has 7 heteroatoms. The van der Waals surface area contributed by atoms with E-state index >= 15 is 0 Å². The van der Waals surface area contributed by atoms with E-state index in [0.717, 1.165) is 6.42 Å². The quantitative estimate of drug-likeness (QED) is 0.405. The van der Waals surface area contributed by atoms with Crippen LogP contribution in [-0.2, 0) is 4.74 Å². The molecule has 1 heterocycles. The highest BCUT2D eigenvalue weighted by molar-refractivity contribution is 5.85. The van der Waals surface area contributed by atoms with Gasteiger partial charge < -0.3 is 25.8 Å². The third kappa shape index (κ3) is 3.53. The van der Waals surface area contributed by atoms with E-state index in [1.54, 1.807) is 0 Å². The van der Waals surface area contributed by atoms with Crippen LogP contribution < -0.4 is 11.1 Å². The maximum absolute atomic E-state index is 9.61. The van der Waals surface area contributed by atoms with Gasteiger partial charge in [0.05, 0.1) is 12.6 Å². The van der Waals surface area contributed by atoms with Gasteiger partial charge in [-0.3, -0.25) is 5.32 Å². The van der Waals surface area contributed by atoms with Crippen LogP contribution in [0, 0.1) is 0 Å². The van der Waals surface area contributed by atoms with Crippen molar-refractivity contribution in [1.29, 1.82) is 0 Å². The monoisotopic (exact) mass is 256 g/mol. The van der Waals surface area contributed by atoms with Gasteiger partial charge in [0.2, 0.25) is 0 Å². The number of halogens is 1. The van der Waals surface area contributed by atoms with Crippen LogP contribution in [0.1, 0.15) is 13.3 Å². The normalized spacial score (nSPS) is 39.2. The number of nitrogens with one attached hydrogen (secondary N) is 1. The minimum absolute atomic E-state index is 0. The molecule has 0 bridgehead atoms. The molecule has 6 N–H and O–H groups in total. The number of aliphatic hydroxyl groups excluding tert-OH is 3. The molecule has 1 rings (SSSR count). The summed E-state index contributed by atoms with van der Waals surface area (Å²) in [6.07, 6.45) is -2.61. The van der Waals surface area contributed by atoms with Gasteiger partial charge in [-0.25, -0.2) is 0 Å². The maximum Gasteiger partial charge on any atom is 0.126 e. The first kappa shape index (κ1) is 16.1. The molecule has 1 unspecified atom stereocenters. The average molecular weight is 257 g/mol. The molecule has 0 aromatic heterocycles. The standard InChI is InChI=1S/C9H20N2O4.ClH/c1-2-3-11-9-6(10)8(14)7(13)5(4-12)15-9;/h5-9,11-14H,2-4,10H2,1H3;1H/t5-,6-,7-,8-,9?;/m1./s1. The fourth-order valence-corrected chi connectivity index (χ4v) is 1.61. The first-order valence-corrected chi connectivity index (χ1v) is 5.23. The lowest BCUT2D eigenvalue weighted by atomic mass is 9.97. The fraction of sp³-hybridized carbons (Fsp3) is 1.00. The highest BCUT2D eigenvalue weighted by atomic mass is 35.5. The number of rotatable bonds is 4. The van der Waals surface area contributed by atoms with Crippen molar-refractivity contribution in [2.45, 2.75) is 43.9 Å². The summed E-state index contributed by atoms with van der Waals surface area (Å²) in [6.45, 7) is 2.37. The molecule has 0 amide bonds. The van der Waals surface area contributed by atoms with Gasteiger partial charge in [0.1, 0.15) is 24.5 Å². The molecule has 1 aliphatic rings. The third-order valence-corrected chi connectivity index (χ3v) is 2.57. The number of hydrogen-bond donors (Lipinski definition) is 5. The highest BCUT2D eigenvalue weighted by Crippen LogP contribution is 2.18. The van der Waals surface area contributed by atoms with Gasteiger partial charge in [-0.2, -0.15) is 0 Å². The molecule has 0 spiro atoms. The van der Waals surface area contributed by atoms with Crippen molar-refractivity contribution in [2.75, 3.05) is 13.2 Å². The molecule has 0 aliphatic carbocycles. The Morgan fingerprint density at radius 1 is 1.31 bits per heavy atom. The Labute approximate surface area is 101 Å². The number of ether oxygens (including phenoxy) is 1. The highest BCUT2D eigenvalue weighted by Gasteiger charge is 2.41. The average Bonchev–Trinajstić information content (AvgIpc) is 2.25. The van der Waals surface area contributed by atoms with Crippen LogP contribution in [0.3, 0.4) is 0 Å². The molecule has 0 saturated carbocycles. The summed E-state index contributed by atoms with van der Waals surface area (Å²) in [5.41, 5.74) is 5.69. The maximum atomic E-state index is 9.61. The minimum atomic E-state index is -1.13. The summed E-state index contributed by atoms with van der Waals surface area (Å²) in [7, 11) is 0. The zero-order chi connectivity index (χ0) is 11.4. The number of hydrogen-bond acceptors (Lipinski definition) is 6. The Kier molecular flexibility index (Phi) is 7.41. The third-order valence-electron chi connectivity index (χ3n) is 2.57. The largest absolute Gasteiger partial charge is 0.394 e. The smallest absolute Gasteiger partial charge is 0.126 e. The molecule has 1 saturated heterocycles. The first-order chi connectivity index (χ1) is 7.11. The zero-order valence-electron chi connectivity index (χ0n) is 9.24. The van der Waals surface area contributed by atoms with Crippen LogP contribution in [0.4, 0.5) is 0 Å². The second-order valence-corrected chi connectivity index (χ2v) is 3.79. The Balaban J connectivity index is 0.00000225. The lowest BCUT2D eigenvalue weighted by Gasteiger charge is -2.41. The molecular formula is C9H21ClN2O4. The van der Waals surface area contributed by atoms with Crippen LogP contribution in [-0.4, -0.2) is 59.1 Å². The molecule has 1 fully saturated rings. The van der Waals surface area contributed by atoms with Crippen molar-refractivity contribution in [3.05, 3.63) is 0 Å². The van der Waals surface area contributed by atoms with Crippen molar-refractivity contribution >= 4 is 12.4 Å². The van der Waals surface area contributed by atoms with Gasteiger partial charge in [0, 0.05) is 0 Å². The van der Waals surface area contributed by atoms with Crippen molar-refractivity contribution < 1.29 is 20.1 Å². The van der Waals surface area contributed by atoms with Crippen LogP contribution in [0.2, 0.25) is 0 Å². The summed E-state index contributed by atoms with van der Waals surface area (Å²) >= 11 is 0. The first-order valence-electron chi connectivity index (χ1n) is 5.23. The summed E-state index contributed by atoms with van der Waals surface area (Å²) in [4.78, 5) is 0. The van der Waals surface area contributed by atoms with Crippen LogP contribution >= 0.6 is 12.4 Å². The summed E-state index contributed by atoms with van der Waals surface area (Å²) < 4.78 is 5.34. The molecule has 5 atom stereocenters. The molecule has 1 aliphatic heterocycles. The van der Waals surface area contributed by atoms with E-state index in [2.05, 4.69) is 5.32 Å². The van der Waals surface area contributed by atoms with Crippen LogP contribution in [0.25, 0.3) is 0 Å². The topological polar surface area (TPSA) is 108 Å². The number of nitrogens with two attached hydrogens (primary N) is 1. The molecule has 0 aromatic rings. The van der Waals surface area contributed by atoms with Gasteiger partial charge in [0.25, 0.3) is 0 Å².